The maximum Gasteiger partial charge on any atom is 0.319 e. The van der Waals surface area contributed by atoms with E-state index in [0.29, 0.717) is 25.9 Å². The first-order chi connectivity index (χ1) is 12.8. The van der Waals surface area contributed by atoms with Crippen molar-refractivity contribution < 1.29 is 19.4 Å². The van der Waals surface area contributed by atoms with Crippen LogP contribution in [0.1, 0.15) is 24.0 Å². The second-order valence-electron chi connectivity index (χ2n) is 7.96. The van der Waals surface area contributed by atoms with E-state index in [9.17, 15) is 14.7 Å². The van der Waals surface area contributed by atoms with Gasteiger partial charge in [0.05, 0.1) is 0 Å². The zero-order valence-corrected chi connectivity index (χ0v) is 16.4. The molecule has 7 nitrogen and oxygen atoms in total. The first-order valence-electron chi connectivity index (χ1n) is 9.43. The van der Waals surface area contributed by atoms with E-state index in [2.05, 4.69) is 18.0 Å². The van der Waals surface area contributed by atoms with E-state index in [1.165, 1.54) is 16.0 Å². The molecule has 7 heteroatoms. The number of likely N-dealkylation sites (tertiary alicyclic amines) is 1. The van der Waals surface area contributed by atoms with Crippen LogP contribution in [0.3, 0.4) is 0 Å². The minimum atomic E-state index is -0.949. The lowest BCUT2D eigenvalue weighted by molar-refractivity contribution is -0.154. The zero-order valence-electron chi connectivity index (χ0n) is 16.4. The second-order valence-corrected chi connectivity index (χ2v) is 7.96. The Morgan fingerprint density at radius 3 is 2.52 bits per heavy atom. The fourth-order valence-corrected chi connectivity index (χ4v) is 3.81. The van der Waals surface area contributed by atoms with Crippen LogP contribution >= 0.6 is 0 Å². The number of amides is 2. The molecule has 1 aromatic rings. The van der Waals surface area contributed by atoms with Gasteiger partial charge in [0.25, 0.3) is 0 Å². The number of aliphatic carboxylic acids is 1. The van der Waals surface area contributed by atoms with Crippen LogP contribution in [0, 0.1) is 5.41 Å². The molecule has 3 rings (SSSR count). The summed E-state index contributed by atoms with van der Waals surface area (Å²) in [4.78, 5) is 29.6. The summed E-state index contributed by atoms with van der Waals surface area (Å²) < 4.78 is 5.94. The van der Waals surface area contributed by atoms with Gasteiger partial charge in [-0.1, -0.05) is 6.07 Å². The number of nitrogens with zero attached hydrogens (tertiary/aromatic N) is 3. The van der Waals surface area contributed by atoms with Gasteiger partial charge >= 0.3 is 12.0 Å². The Bertz CT molecular complexity index is 711. The molecule has 1 saturated heterocycles. The number of fused-ring (bicyclic) bond motifs is 1. The molecule has 0 aliphatic carbocycles. The maximum absolute atomic E-state index is 12.1. The Labute approximate surface area is 160 Å². The van der Waals surface area contributed by atoms with Gasteiger partial charge in [0.1, 0.15) is 17.8 Å². The van der Waals surface area contributed by atoms with Crippen molar-refractivity contribution in [1.29, 1.82) is 0 Å². The van der Waals surface area contributed by atoms with E-state index in [0.717, 1.165) is 25.3 Å². The Kier molecular flexibility index (Phi) is 5.60. The highest BCUT2D eigenvalue weighted by Gasteiger charge is 2.43. The average molecular weight is 375 g/mol. The van der Waals surface area contributed by atoms with Crippen LogP contribution in [0.25, 0.3) is 0 Å². The van der Waals surface area contributed by atoms with Crippen molar-refractivity contribution >= 4 is 12.0 Å². The number of carbonyl (C=O) groups is 2. The topological polar surface area (TPSA) is 73.3 Å². The van der Waals surface area contributed by atoms with Crippen molar-refractivity contribution in [2.45, 2.75) is 25.8 Å². The van der Waals surface area contributed by atoms with Crippen LogP contribution in [-0.4, -0.2) is 79.2 Å². The van der Waals surface area contributed by atoms with Gasteiger partial charge in [-0.05, 0) is 49.6 Å². The van der Waals surface area contributed by atoms with Crippen molar-refractivity contribution in [2.75, 3.05) is 47.4 Å². The molecule has 0 atom stereocenters. The first kappa shape index (κ1) is 19.5. The Balaban J connectivity index is 1.65. The largest absolute Gasteiger partial charge is 0.492 e. The number of benzene rings is 1. The summed E-state index contributed by atoms with van der Waals surface area (Å²) in [5, 5.41) is 9.83. The van der Waals surface area contributed by atoms with E-state index in [1.54, 1.807) is 19.0 Å². The summed E-state index contributed by atoms with van der Waals surface area (Å²) in [6, 6.07) is 5.98. The summed E-state index contributed by atoms with van der Waals surface area (Å²) in [5.41, 5.74) is 1.64. The molecule has 0 bridgehead atoms. The molecule has 2 aliphatic rings. The van der Waals surface area contributed by atoms with E-state index in [-0.39, 0.29) is 12.6 Å². The molecule has 1 N–H and O–H groups in total. The number of hydrogen-bond acceptors (Lipinski definition) is 4. The van der Waals surface area contributed by atoms with Gasteiger partial charge in [0.2, 0.25) is 0 Å². The Morgan fingerprint density at radius 2 is 1.89 bits per heavy atom. The molecule has 2 heterocycles. The third-order valence-corrected chi connectivity index (χ3v) is 5.72. The van der Waals surface area contributed by atoms with Crippen molar-refractivity contribution in [1.82, 2.24) is 14.7 Å². The van der Waals surface area contributed by atoms with Gasteiger partial charge in [-0.3, -0.25) is 4.79 Å². The highest BCUT2D eigenvalue weighted by Crippen LogP contribution is 2.34. The number of ether oxygens (including phenoxy) is 1. The van der Waals surface area contributed by atoms with Gasteiger partial charge in [0, 0.05) is 40.3 Å². The monoisotopic (exact) mass is 375 g/mol. The minimum Gasteiger partial charge on any atom is -0.492 e. The molecule has 1 fully saturated rings. The van der Waals surface area contributed by atoms with Crippen LogP contribution in [0.15, 0.2) is 18.2 Å². The number of rotatable bonds is 4. The van der Waals surface area contributed by atoms with Gasteiger partial charge in [-0.2, -0.15) is 0 Å². The van der Waals surface area contributed by atoms with E-state index >= 15 is 0 Å². The number of carboxylic acid groups (broad SMARTS) is 1. The van der Waals surface area contributed by atoms with Crippen LogP contribution in [0.5, 0.6) is 5.75 Å². The smallest absolute Gasteiger partial charge is 0.319 e. The number of carbonyl (C=O) groups excluding carboxylic acids is 1. The fraction of sp³-hybridized carbons (Fsp3) is 0.600. The molecule has 0 radical (unpaired) electrons. The summed E-state index contributed by atoms with van der Waals surface area (Å²) in [7, 11) is 5.51. The van der Waals surface area contributed by atoms with Crippen LogP contribution in [-0.2, 0) is 17.8 Å². The van der Waals surface area contributed by atoms with Crippen molar-refractivity contribution in [2.24, 2.45) is 5.41 Å². The predicted molar refractivity (Wildman–Crippen MR) is 102 cm³/mol. The Hall–Kier alpha value is -2.28. The number of urea groups is 1. The summed E-state index contributed by atoms with van der Waals surface area (Å²) in [6.07, 6.45) is 1.83. The fourth-order valence-electron chi connectivity index (χ4n) is 3.81. The summed E-state index contributed by atoms with van der Waals surface area (Å²) in [6.45, 7) is 2.93. The molecule has 0 spiro atoms. The third kappa shape index (κ3) is 4.18. The molecular formula is C20H29N3O4. The standard InChI is InChI=1S/C20H29N3O4/c1-21(2)19(26)23-10-7-20(8-11-23,18(24)25)14-27-17-5-4-15-6-9-22(3)13-16(15)12-17/h4-5,12H,6-11,13-14H2,1-3H3,(H,24,25). The molecule has 0 unspecified atom stereocenters. The molecule has 0 aromatic heterocycles. The molecule has 148 valence electrons. The van der Waals surface area contributed by atoms with Crippen molar-refractivity contribution in [3.8, 4) is 5.75 Å². The highest BCUT2D eigenvalue weighted by molar-refractivity contribution is 5.77. The van der Waals surface area contributed by atoms with E-state index in [1.807, 2.05) is 12.1 Å². The van der Waals surface area contributed by atoms with Gasteiger partial charge < -0.3 is 24.5 Å². The van der Waals surface area contributed by atoms with Crippen molar-refractivity contribution in [3.63, 3.8) is 0 Å². The lowest BCUT2D eigenvalue weighted by Crippen LogP contribution is -2.51. The number of hydrogen-bond donors (Lipinski definition) is 1. The quantitative estimate of drug-likeness (QED) is 0.870. The second kappa shape index (κ2) is 7.76. The molecule has 1 aromatic carbocycles. The van der Waals surface area contributed by atoms with Crippen LogP contribution < -0.4 is 4.74 Å². The SMILES string of the molecule is CN1CCc2ccc(OCC3(C(=O)O)CCN(C(=O)N(C)C)CC3)cc2C1. The summed E-state index contributed by atoms with van der Waals surface area (Å²) >= 11 is 0. The number of likely N-dealkylation sites (N-methyl/N-ethyl adjacent to an activating group) is 1. The van der Waals surface area contributed by atoms with E-state index in [4.69, 9.17) is 4.74 Å². The zero-order chi connectivity index (χ0) is 19.6. The van der Waals surface area contributed by atoms with Crippen LogP contribution in [0.2, 0.25) is 0 Å². The van der Waals surface area contributed by atoms with Crippen LogP contribution in [0.4, 0.5) is 4.79 Å². The van der Waals surface area contributed by atoms with E-state index < -0.39 is 11.4 Å². The third-order valence-electron chi connectivity index (χ3n) is 5.72. The molecule has 0 saturated carbocycles. The lowest BCUT2D eigenvalue weighted by atomic mass is 9.79. The van der Waals surface area contributed by atoms with Gasteiger partial charge in [0.15, 0.2) is 0 Å². The maximum atomic E-state index is 12.1. The highest BCUT2D eigenvalue weighted by atomic mass is 16.5. The molecule has 27 heavy (non-hydrogen) atoms. The molecule has 2 aliphatic heterocycles. The number of piperidine rings is 1. The Morgan fingerprint density at radius 1 is 1.19 bits per heavy atom. The minimum absolute atomic E-state index is 0.0753. The molecular weight excluding hydrogens is 346 g/mol. The van der Waals surface area contributed by atoms with Crippen molar-refractivity contribution in [3.05, 3.63) is 29.3 Å². The molecule has 2 amide bonds. The summed E-state index contributed by atoms with van der Waals surface area (Å²) in [5.74, 6) is -0.131. The van der Waals surface area contributed by atoms with Gasteiger partial charge in [-0.25, -0.2) is 4.79 Å². The number of carboxylic acids is 1. The normalized spacial score (nSPS) is 19.3. The first-order valence-corrected chi connectivity index (χ1v) is 9.43. The predicted octanol–water partition coefficient (Wildman–Crippen LogP) is 1.90. The lowest BCUT2D eigenvalue weighted by Gasteiger charge is -2.39. The average Bonchev–Trinajstić information content (AvgIpc) is 2.65. The van der Waals surface area contributed by atoms with Gasteiger partial charge in [-0.15, -0.1) is 0 Å².